The third-order valence-corrected chi connectivity index (χ3v) is 2.53. The van der Waals surface area contributed by atoms with Crippen molar-refractivity contribution < 1.29 is 14.3 Å². The summed E-state index contributed by atoms with van der Waals surface area (Å²) in [6.07, 6.45) is 0. The molecule has 0 unspecified atom stereocenters. The fraction of sp³-hybridized carbons (Fsp3) is 0.133. The molecule has 0 atom stereocenters. The number of carbonyl (C=O) groups excluding carboxylic acids is 1. The monoisotopic (exact) mass is 242 g/mol. The van der Waals surface area contributed by atoms with Crippen molar-refractivity contribution in [2.24, 2.45) is 0 Å². The lowest BCUT2D eigenvalue weighted by molar-refractivity contribution is 0.101. The molecule has 0 aromatic heterocycles. The average molecular weight is 242 g/mol. The van der Waals surface area contributed by atoms with Crippen molar-refractivity contribution in [3.05, 3.63) is 54.1 Å². The van der Waals surface area contributed by atoms with Crippen LogP contribution in [0.3, 0.4) is 0 Å². The van der Waals surface area contributed by atoms with E-state index in [4.69, 9.17) is 9.47 Å². The lowest BCUT2D eigenvalue weighted by Crippen LogP contribution is -1.97. The van der Waals surface area contributed by atoms with Crippen molar-refractivity contribution >= 4 is 5.78 Å². The summed E-state index contributed by atoms with van der Waals surface area (Å²) >= 11 is 0. The second kappa shape index (κ2) is 5.36. The summed E-state index contributed by atoms with van der Waals surface area (Å²) in [7, 11) is 1.54. The minimum Gasteiger partial charge on any atom is -0.496 e. The number of hydrogen-bond donors (Lipinski definition) is 0. The van der Waals surface area contributed by atoms with Crippen LogP contribution >= 0.6 is 0 Å². The number of ether oxygens (including phenoxy) is 2. The van der Waals surface area contributed by atoms with E-state index in [9.17, 15) is 4.79 Å². The maximum atomic E-state index is 11.4. The Balaban J connectivity index is 2.28. The molecule has 2 rings (SSSR count). The molecular weight excluding hydrogens is 228 g/mol. The topological polar surface area (TPSA) is 35.5 Å². The first-order chi connectivity index (χ1) is 8.70. The summed E-state index contributed by atoms with van der Waals surface area (Å²) in [4.78, 5) is 11.4. The summed E-state index contributed by atoms with van der Waals surface area (Å²) < 4.78 is 10.8. The molecular formula is C15H14O3. The van der Waals surface area contributed by atoms with E-state index in [-0.39, 0.29) is 5.78 Å². The molecule has 0 saturated heterocycles. The summed E-state index contributed by atoms with van der Waals surface area (Å²) in [6.45, 7) is 1.51. The predicted molar refractivity (Wildman–Crippen MR) is 69.5 cm³/mol. The zero-order valence-corrected chi connectivity index (χ0v) is 10.3. The van der Waals surface area contributed by atoms with E-state index >= 15 is 0 Å². The minimum absolute atomic E-state index is 0.0295. The Morgan fingerprint density at radius 1 is 1.00 bits per heavy atom. The van der Waals surface area contributed by atoms with E-state index in [1.807, 2.05) is 30.3 Å². The lowest BCUT2D eigenvalue weighted by Gasteiger charge is -2.09. The van der Waals surface area contributed by atoms with Crippen molar-refractivity contribution in [1.82, 2.24) is 0 Å². The number of ketones is 1. The van der Waals surface area contributed by atoms with E-state index in [0.717, 1.165) is 5.75 Å². The van der Waals surface area contributed by atoms with Gasteiger partial charge in [-0.15, -0.1) is 0 Å². The van der Waals surface area contributed by atoms with Gasteiger partial charge in [-0.05, 0) is 31.2 Å². The van der Waals surface area contributed by atoms with Crippen LogP contribution in [0.2, 0.25) is 0 Å². The van der Waals surface area contributed by atoms with Crippen LogP contribution < -0.4 is 9.47 Å². The molecule has 0 aliphatic carbocycles. The van der Waals surface area contributed by atoms with Crippen LogP contribution in [-0.4, -0.2) is 12.9 Å². The number of Topliss-reactive ketones (excluding diaryl/α,β-unsaturated/α-hetero) is 1. The highest BCUT2D eigenvalue weighted by Gasteiger charge is 2.09. The number of benzene rings is 2. The molecule has 0 saturated carbocycles. The largest absolute Gasteiger partial charge is 0.496 e. The zero-order valence-electron chi connectivity index (χ0n) is 10.3. The molecule has 3 heteroatoms. The van der Waals surface area contributed by atoms with Gasteiger partial charge in [0.1, 0.15) is 17.2 Å². The van der Waals surface area contributed by atoms with Crippen molar-refractivity contribution in [2.45, 2.75) is 6.92 Å². The Kier molecular flexibility index (Phi) is 3.63. The molecule has 0 amide bonds. The number of carbonyl (C=O) groups is 1. The van der Waals surface area contributed by atoms with Gasteiger partial charge in [0, 0.05) is 6.07 Å². The highest BCUT2D eigenvalue weighted by atomic mass is 16.5. The minimum atomic E-state index is -0.0295. The molecule has 0 bridgehead atoms. The fourth-order valence-electron chi connectivity index (χ4n) is 1.65. The van der Waals surface area contributed by atoms with Gasteiger partial charge in [-0.25, -0.2) is 0 Å². The number of para-hydroxylation sites is 1. The van der Waals surface area contributed by atoms with Crippen LogP contribution in [0, 0.1) is 0 Å². The van der Waals surface area contributed by atoms with Crippen LogP contribution in [0.1, 0.15) is 17.3 Å². The molecule has 3 nitrogen and oxygen atoms in total. The summed E-state index contributed by atoms with van der Waals surface area (Å²) in [5.74, 6) is 1.88. The molecule has 92 valence electrons. The number of hydrogen-bond acceptors (Lipinski definition) is 3. The number of methoxy groups -OCH3 is 1. The van der Waals surface area contributed by atoms with Crippen molar-refractivity contribution in [2.75, 3.05) is 7.11 Å². The van der Waals surface area contributed by atoms with Gasteiger partial charge in [0.25, 0.3) is 0 Å². The fourth-order valence-corrected chi connectivity index (χ4v) is 1.65. The Hall–Kier alpha value is -2.29. The van der Waals surface area contributed by atoms with Crippen LogP contribution in [0.25, 0.3) is 0 Å². The quantitative estimate of drug-likeness (QED) is 0.767. The van der Waals surface area contributed by atoms with Crippen LogP contribution in [-0.2, 0) is 0 Å². The van der Waals surface area contributed by atoms with E-state index < -0.39 is 0 Å². The molecule has 2 aromatic rings. The van der Waals surface area contributed by atoms with E-state index in [2.05, 4.69) is 0 Å². The molecule has 0 spiro atoms. The van der Waals surface area contributed by atoms with Gasteiger partial charge < -0.3 is 9.47 Å². The summed E-state index contributed by atoms with van der Waals surface area (Å²) in [6, 6.07) is 14.6. The van der Waals surface area contributed by atoms with E-state index in [1.165, 1.54) is 14.0 Å². The van der Waals surface area contributed by atoms with E-state index in [1.54, 1.807) is 18.2 Å². The normalized spacial score (nSPS) is 9.89. The van der Waals surface area contributed by atoms with Crippen LogP contribution in [0.4, 0.5) is 0 Å². The van der Waals surface area contributed by atoms with Gasteiger partial charge in [-0.2, -0.15) is 0 Å². The Morgan fingerprint density at radius 3 is 2.33 bits per heavy atom. The van der Waals surface area contributed by atoms with Gasteiger partial charge in [-0.3, -0.25) is 4.79 Å². The van der Waals surface area contributed by atoms with Crippen molar-refractivity contribution in [3.8, 4) is 17.2 Å². The van der Waals surface area contributed by atoms with Gasteiger partial charge in [0.05, 0.1) is 12.7 Å². The average Bonchev–Trinajstić information content (AvgIpc) is 2.39. The SMILES string of the molecule is COc1cc(Oc2ccccc2)ccc1C(C)=O. The second-order valence-electron chi connectivity index (χ2n) is 3.83. The smallest absolute Gasteiger partial charge is 0.163 e. The maximum absolute atomic E-state index is 11.4. The van der Waals surface area contributed by atoms with Crippen LogP contribution in [0.5, 0.6) is 17.2 Å². The highest BCUT2D eigenvalue weighted by molar-refractivity contribution is 5.97. The van der Waals surface area contributed by atoms with Gasteiger partial charge in [-0.1, -0.05) is 18.2 Å². The maximum Gasteiger partial charge on any atom is 0.163 e. The molecule has 0 fully saturated rings. The first-order valence-electron chi connectivity index (χ1n) is 5.62. The molecule has 2 aromatic carbocycles. The Bertz CT molecular complexity index is 547. The molecule has 0 radical (unpaired) electrons. The standard InChI is InChI=1S/C15H14O3/c1-11(16)14-9-8-13(10-15(14)17-2)18-12-6-4-3-5-7-12/h3-10H,1-2H3. The number of rotatable bonds is 4. The predicted octanol–water partition coefficient (Wildman–Crippen LogP) is 3.69. The summed E-state index contributed by atoms with van der Waals surface area (Å²) in [5, 5.41) is 0. The van der Waals surface area contributed by atoms with Crippen molar-refractivity contribution in [3.63, 3.8) is 0 Å². The first kappa shape index (κ1) is 12.2. The molecule has 0 heterocycles. The second-order valence-corrected chi connectivity index (χ2v) is 3.83. The van der Waals surface area contributed by atoms with E-state index in [0.29, 0.717) is 17.1 Å². The third kappa shape index (κ3) is 2.69. The van der Waals surface area contributed by atoms with Gasteiger partial charge in [0.15, 0.2) is 5.78 Å². The van der Waals surface area contributed by atoms with Gasteiger partial charge >= 0.3 is 0 Å². The summed E-state index contributed by atoms with van der Waals surface area (Å²) in [5.41, 5.74) is 0.554. The Labute approximate surface area is 106 Å². The van der Waals surface area contributed by atoms with Gasteiger partial charge in [0.2, 0.25) is 0 Å². The zero-order chi connectivity index (χ0) is 13.0. The molecule has 0 aliphatic rings. The van der Waals surface area contributed by atoms with Crippen molar-refractivity contribution in [1.29, 1.82) is 0 Å². The first-order valence-corrected chi connectivity index (χ1v) is 5.62. The third-order valence-electron chi connectivity index (χ3n) is 2.53. The molecule has 18 heavy (non-hydrogen) atoms. The molecule has 0 N–H and O–H groups in total. The van der Waals surface area contributed by atoms with Crippen LogP contribution in [0.15, 0.2) is 48.5 Å². The lowest BCUT2D eigenvalue weighted by atomic mass is 10.1. The highest BCUT2D eigenvalue weighted by Crippen LogP contribution is 2.28. The Morgan fingerprint density at radius 2 is 1.72 bits per heavy atom. The molecule has 0 aliphatic heterocycles.